The molecule has 1 amide bonds. The third-order valence-corrected chi connectivity index (χ3v) is 8.20. The summed E-state index contributed by atoms with van der Waals surface area (Å²) in [6.45, 7) is 2.13. The van der Waals surface area contributed by atoms with Gasteiger partial charge in [0.2, 0.25) is 10.0 Å². The van der Waals surface area contributed by atoms with E-state index in [0.29, 0.717) is 30.4 Å². The first-order valence-corrected chi connectivity index (χ1v) is 10.7. The lowest BCUT2D eigenvalue weighted by Crippen LogP contribution is -2.78. The van der Waals surface area contributed by atoms with Crippen LogP contribution >= 0.6 is 15.9 Å². The van der Waals surface area contributed by atoms with Gasteiger partial charge in [0, 0.05) is 37.2 Å². The van der Waals surface area contributed by atoms with Crippen LogP contribution in [0.1, 0.15) is 12.8 Å². The summed E-state index contributed by atoms with van der Waals surface area (Å²) in [5, 5.41) is 18.7. The number of likely N-dealkylation sites (tertiary alicyclic amines) is 1. The largest absolute Gasteiger partial charge is 0.465 e. The summed E-state index contributed by atoms with van der Waals surface area (Å²) >= 11 is 3.45. The van der Waals surface area contributed by atoms with Crippen LogP contribution in [0.5, 0.6) is 0 Å². The highest BCUT2D eigenvalue weighted by Gasteiger charge is 2.59. The van der Waals surface area contributed by atoms with Gasteiger partial charge in [-0.05, 0) is 47.0 Å². The molecule has 3 saturated heterocycles. The Morgan fingerprint density at radius 3 is 2.50 bits per heavy atom. The molecule has 1 aromatic carbocycles. The zero-order valence-electron chi connectivity index (χ0n) is 14.0. The van der Waals surface area contributed by atoms with Crippen LogP contribution in [0.25, 0.3) is 0 Å². The molecule has 0 aromatic heterocycles. The minimum Gasteiger partial charge on any atom is -0.465 e. The van der Waals surface area contributed by atoms with Crippen LogP contribution in [0.15, 0.2) is 27.6 Å². The lowest BCUT2D eigenvalue weighted by atomic mass is 9.80. The summed E-state index contributed by atoms with van der Waals surface area (Å²) in [7, 11) is -3.68. The van der Waals surface area contributed by atoms with E-state index in [2.05, 4.69) is 15.9 Å². The van der Waals surface area contributed by atoms with Crippen molar-refractivity contribution in [3.63, 3.8) is 0 Å². The Bertz CT molecular complexity index is 855. The maximum Gasteiger partial charge on any atom is 0.407 e. The van der Waals surface area contributed by atoms with Crippen molar-refractivity contribution in [1.82, 2.24) is 9.21 Å². The molecule has 1 aromatic rings. The molecule has 8 nitrogen and oxygen atoms in total. The Balaban J connectivity index is 1.55. The highest BCUT2D eigenvalue weighted by Crippen LogP contribution is 2.43. The summed E-state index contributed by atoms with van der Waals surface area (Å²) in [5.74, 6) is 0. The van der Waals surface area contributed by atoms with E-state index in [1.54, 1.807) is 18.2 Å². The molecule has 4 rings (SSSR count). The number of nitrogens with zero attached hydrogens (tertiary/aromatic N) is 3. The Morgan fingerprint density at radius 1 is 1.27 bits per heavy atom. The number of benzene rings is 1. The van der Waals surface area contributed by atoms with Gasteiger partial charge in [-0.3, -0.25) is 0 Å². The molecular formula is C16H20BrN3O5S. The van der Waals surface area contributed by atoms with E-state index >= 15 is 0 Å². The summed E-state index contributed by atoms with van der Waals surface area (Å²) in [4.78, 5) is 14.4. The summed E-state index contributed by atoms with van der Waals surface area (Å²) in [6.07, 6.45) is 0.00545. The van der Waals surface area contributed by atoms with Crippen LogP contribution < -0.4 is 4.90 Å². The van der Waals surface area contributed by atoms with E-state index in [1.165, 1.54) is 9.21 Å². The van der Waals surface area contributed by atoms with Crippen molar-refractivity contribution in [1.29, 1.82) is 0 Å². The molecule has 0 radical (unpaired) electrons. The topological polar surface area (TPSA) is 101 Å². The number of hydrogen-bond donors (Lipinski definition) is 2. The van der Waals surface area contributed by atoms with E-state index in [1.807, 2.05) is 4.90 Å². The minimum absolute atomic E-state index is 0.195. The standard InChI is InChI=1S/C16H20BrN3O5S/c17-13-7-12(1-2-14(13)18-5-3-11(21)8-18)26(24,25)20-6-4-16(20)9-19(10-16)15(22)23/h1-2,7,11,21H,3-6,8-10H2,(H,22,23)/t11-/m0/s1. The van der Waals surface area contributed by atoms with Crippen LogP contribution in [0.3, 0.4) is 0 Å². The average Bonchev–Trinajstić information content (AvgIpc) is 2.90. The van der Waals surface area contributed by atoms with Crippen LogP contribution in [0.2, 0.25) is 0 Å². The number of amides is 1. The first kappa shape index (κ1) is 18.0. The third-order valence-electron chi connectivity index (χ3n) is 5.56. The van der Waals surface area contributed by atoms with Crippen LogP contribution in [-0.4, -0.2) is 78.3 Å². The fourth-order valence-corrected chi connectivity index (χ4v) is 6.59. The van der Waals surface area contributed by atoms with Gasteiger partial charge in [-0.1, -0.05) is 0 Å². The lowest BCUT2D eigenvalue weighted by Gasteiger charge is -2.60. The van der Waals surface area contributed by atoms with Gasteiger partial charge in [-0.15, -0.1) is 0 Å². The van der Waals surface area contributed by atoms with Crippen molar-refractivity contribution >= 4 is 37.7 Å². The second kappa shape index (κ2) is 6.08. The summed E-state index contributed by atoms with van der Waals surface area (Å²) in [5.41, 5.74) is 0.279. The molecule has 0 saturated carbocycles. The number of carboxylic acid groups (broad SMARTS) is 1. The number of β-amino-alcohol motifs (C(OH)–C–C–N with tert-alkyl or cyclic N) is 1. The molecule has 1 atom stereocenters. The first-order chi connectivity index (χ1) is 12.2. The molecule has 3 fully saturated rings. The van der Waals surface area contributed by atoms with Gasteiger partial charge in [0.1, 0.15) is 0 Å². The smallest absolute Gasteiger partial charge is 0.407 e. The van der Waals surface area contributed by atoms with Gasteiger partial charge < -0.3 is 20.0 Å². The molecule has 142 valence electrons. The fraction of sp³-hybridized carbons (Fsp3) is 0.562. The first-order valence-electron chi connectivity index (χ1n) is 8.46. The van der Waals surface area contributed by atoms with Crippen molar-refractivity contribution < 1.29 is 23.4 Å². The Hall–Kier alpha value is -1.36. The maximum absolute atomic E-state index is 13.0. The molecule has 26 heavy (non-hydrogen) atoms. The fourth-order valence-electron chi connectivity index (χ4n) is 4.00. The molecular weight excluding hydrogens is 426 g/mol. The number of aliphatic hydroxyl groups excluding tert-OH is 1. The monoisotopic (exact) mass is 445 g/mol. The molecule has 0 aliphatic carbocycles. The molecule has 2 N–H and O–H groups in total. The van der Waals surface area contributed by atoms with E-state index in [-0.39, 0.29) is 24.1 Å². The van der Waals surface area contributed by atoms with Gasteiger partial charge in [-0.2, -0.15) is 4.31 Å². The van der Waals surface area contributed by atoms with Gasteiger partial charge in [0.05, 0.1) is 22.2 Å². The summed E-state index contributed by atoms with van der Waals surface area (Å²) in [6, 6.07) is 4.93. The number of sulfonamides is 1. The molecule has 3 aliphatic rings. The molecule has 0 unspecified atom stereocenters. The van der Waals surface area contributed by atoms with E-state index in [9.17, 15) is 18.3 Å². The van der Waals surface area contributed by atoms with Crippen molar-refractivity contribution in [3.05, 3.63) is 22.7 Å². The molecule has 3 aliphatic heterocycles. The van der Waals surface area contributed by atoms with Crippen LogP contribution in [0.4, 0.5) is 10.5 Å². The van der Waals surface area contributed by atoms with E-state index in [4.69, 9.17) is 5.11 Å². The Labute approximate surface area is 160 Å². The highest BCUT2D eigenvalue weighted by molar-refractivity contribution is 9.10. The second-order valence-corrected chi connectivity index (χ2v) is 9.91. The summed E-state index contributed by atoms with van der Waals surface area (Å²) < 4.78 is 28.1. The Morgan fingerprint density at radius 2 is 2.00 bits per heavy atom. The van der Waals surface area contributed by atoms with Gasteiger partial charge in [0.15, 0.2) is 0 Å². The predicted molar refractivity (Wildman–Crippen MR) is 97.8 cm³/mol. The Kier molecular flexibility index (Phi) is 4.22. The quantitative estimate of drug-likeness (QED) is 0.723. The number of halogens is 1. The van der Waals surface area contributed by atoms with Crippen molar-refractivity contribution in [2.24, 2.45) is 0 Å². The third kappa shape index (κ3) is 2.70. The maximum atomic E-state index is 13.0. The van der Waals surface area contributed by atoms with Gasteiger partial charge >= 0.3 is 6.09 Å². The average molecular weight is 446 g/mol. The van der Waals surface area contributed by atoms with Gasteiger partial charge in [0.25, 0.3) is 0 Å². The molecule has 10 heteroatoms. The van der Waals surface area contributed by atoms with Crippen molar-refractivity contribution in [3.8, 4) is 0 Å². The second-order valence-electron chi connectivity index (χ2n) is 7.19. The molecule has 3 heterocycles. The van der Waals surface area contributed by atoms with Crippen molar-refractivity contribution in [2.45, 2.75) is 29.4 Å². The zero-order valence-corrected chi connectivity index (χ0v) is 16.4. The number of rotatable bonds is 3. The SMILES string of the molecule is O=C(O)N1CC2(CCN2S(=O)(=O)c2ccc(N3CC[C@H](O)C3)c(Br)c2)C1. The predicted octanol–water partition coefficient (Wildman–Crippen LogP) is 1.15. The number of carbonyl (C=O) groups is 1. The lowest BCUT2D eigenvalue weighted by molar-refractivity contribution is -0.0598. The molecule has 0 bridgehead atoms. The number of anilines is 1. The van der Waals surface area contributed by atoms with E-state index < -0.39 is 21.7 Å². The number of hydrogen-bond acceptors (Lipinski definition) is 5. The number of aliphatic hydroxyl groups is 1. The zero-order chi connectivity index (χ0) is 18.7. The van der Waals surface area contributed by atoms with Crippen molar-refractivity contribution in [2.75, 3.05) is 37.6 Å². The van der Waals surface area contributed by atoms with Gasteiger partial charge in [-0.25, -0.2) is 13.2 Å². The minimum atomic E-state index is -3.68. The highest BCUT2D eigenvalue weighted by atomic mass is 79.9. The van der Waals surface area contributed by atoms with Crippen LogP contribution in [-0.2, 0) is 10.0 Å². The normalized spacial score (nSPS) is 25.2. The van der Waals surface area contributed by atoms with Crippen LogP contribution in [0, 0.1) is 0 Å². The van der Waals surface area contributed by atoms with E-state index in [0.717, 1.165) is 12.2 Å². The molecule has 1 spiro atoms.